The molecule has 120 valence electrons. The van der Waals surface area contributed by atoms with E-state index in [1.165, 1.54) is 12.0 Å². The molecule has 1 aliphatic rings. The highest BCUT2D eigenvalue weighted by Crippen LogP contribution is 2.33. The predicted molar refractivity (Wildman–Crippen MR) is 79.5 cm³/mol. The van der Waals surface area contributed by atoms with Gasteiger partial charge in [-0.3, -0.25) is 0 Å². The molecular weight excluding hydrogens is 286 g/mol. The monoisotopic (exact) mass is 307 g/mol. The number of methoxy groups -OCH3 is 1. The molecule has 6 heteroatoms. The zero-order chi connectivity index (χ0) is 16.5. The third kappa shape index (κ3) is 3.39. The number of hydrogen-bond donors (Lipinski definition) is 1. The lowest BCUT2D eigenvalue weighted by atomic mass is 9.85. The van der Waals surface area contributed by atoms with Crippen molar-refractivity contribution in [2.75, 3.05) is 20.2 Å². The average molecular weight is 307 g/mol. The van der Waals surface area contributed by atoms with Crippen LogP contribution >= 0.6 is 0 Å². The summed E-state index contributed by atoms with van der Waals surface area (Å²) in [6.45, 7) is 5.63. The number of esters is 1. The van der Waals surface area contributed by atoms with E-state index in [1.54, 1.807) is 45.0 Å². The lowest BCUT2D eigenvalue weighted by Gasteiger charge is -2.46. The van der Waals surface area contributed by atoms with Gasteiger partial charge in [0.1, 0.15) is 11.2 Å². The van der Waals surface area contributed by atoms with Gasteiger partial charge in [0.2, 0.25) is 0 Å². The molecule has 0 spiro atoms. The van der Waals surface area contributed by atoms with Crippen LogP contribution in [0.4, 0.5) is 4.79 Å². The molecule has 0 bridgehead atoms. The first-order valence-electron chi connectivity index (χ1n) is 7.04. The van der Waals surface area contributed by atoms with Gasteiger partial charge in [-0.25, -0.2) is 9.59 Å². The Hall–Kier alpha value is -2.08. The molecule has 2 rings (SSSR count). The second-order valence-electron chi connectivity index (χ2n) is 6.44. The molecule has 6 nitrogen and oxygen atoms in total. The van der Waals surface area contributed by atoms with Gasteiger partial charge in [0.05, 0.1) is 25.8 Å². The Bertz CT molecular complexity index is 584. The number of carbonyl (C=O) groups excluding carboxylic acids is 2. The van der Waals surface area contributed by atoms with E-state index in [1.807, 2.05) is 0 Å². The molecule has 0 radical (unpaired) electrons. The third-order valence-corrected chi connectivity index (χ3v) is 3.38. The fraction of sp³-hybridized carbons (Fsp3) is 0.500. The number of β-amino-alcohol motifs (C(OH)–C–C–N with tert-alkyl or cyclic N) is 1. The molecule has 1 aliphatic heterocycles. The van der Waals surface area contributed by atoms with Gasteiger partial charge in [-0.15, -0.1) is 0 Å². The molecular formula is C16H21NO5. The van der Waals surface area contributed by atoms with Crippen LogP contribution in [-0.4, -0.2) is 47.9 Å². The Labute approximate surface area is 129 Å². The number of hydrogen-bond acceptors (Lipinski definition) is 5. The molecule has 0 saturated carbocycles. The Kier molecular flexibility index (Phi) is 4.15. The quantitative estimate of drug-likeness (QED) is 0.845. The van der Waals surface area contributed by atoms with Crippen LogP contribution in [-0.2, 0) is 15.1 Å². The van der Waals surface area contributed by atoms with E-state index in [4.69, 9.17) is 4.74 Å². The van der Waals surface area contributed by atoms with E-state index in [0.717, 1.165) is 0 Å². The van der Waals surface area contributed by atoms with Crippen LogP contribution in [0.5, 0.6) is 0 Å². The molecule has 1 fully saturated rings. The number of aliphatic hydroxyl groups is 1. The topological polar surface area (TPSA) is 76.1 Å². The third-order valence-electron chi connectivity index (χ3n) is 3.38. The van der Waals surface area contributed by atoms with Gasteiger partial charge < -0.3 is 19.5 Å². The summed E-state index contributed by atoms with van der Waals surface area (Å²) in [5.41, 5.74) is -0.796. The normalized spacial score (nSPS) is 16.7. The Morgan fingerprint density at radius 1 is 1.27 bits per heavy atom. The van der Waals surface area contributed by atoms with E-state index in [0.29, 0.717) is 11.1 Å². The SMILES string of the molecule is COC(=O)c1cccc(C2(O)CN(C(=O)OC(C)(C)C)C2)c1. The van der Waals surface area contributed by atoms with Crippen molar-refractivity contribution in [3.05, 3.63) is 35.4 Å². The molecule has 1 N–H and O–H groups in total. The first kappa shape index (κ1) is 16.3. The van der Waals surface area contributed by atoms with E-state index in [2.05, 4.69) is 4.74 Å². The van der Waals surface area contributed by atoms with E-state index in [9.17, 15) is 14.7 Å². The smallest absolute Gasteiger partial charge is 0.410 e. The maximum Gasteiger partial charge on any atom is 0.410 e. The number of amides is 1. The first-order chi connectivity index (χ1) is 10.1. The standard InChI is InChI=1S/C16H21NO5/c1-15(2,3)22-14(19)17-9-16(20,10-17)12-7-5-6-11(8-12)13(18)21-4/h5-8,20H,9-10H2,1-4H3. The minimum Gasteiger partial charge on any atom is -0.465 e. The highest BCUT2D eigenvalue weighted by molar-refractivity contribution is 5.89. The van der Waals surface area contributed by atoms with Gasteiger partial charge >= 0.3 is 12.1 Å². The lowest BCUT2D eigenvalue weighted by Crippen LogP contribution is -2.61. The number of ether oxygens (including phenoxy) is 2. The van der Waals surface area contributed by atoms with Crippen LogP contribution in [0.3, 0.4) is 0 Å². The fourth-order valence-corrected chi connectivity index (χ4v) is 2.28. The van der Waals surface area contributed by atoms with Gasteiger partial charge in [0.15, 0.2) is 0 Å². The van der Waals surface area contributed by atoms with Crippen molar-refractivity contribution < 1.29 is 24.2 Å². The minimum atomic E-state index is -1.17. The summed E-state index contributed by atoms with van der Waals surface area (Å²) in [5.74, 6) is -0.464. The van der Waals surface area contributed by atoms with Crippen LogP contribution in [0.15, 0.2) is 24.3 Å². The first-order valence-corrected chi connectivity index (χ1v) is 7.04. The highest BCUT2D eigenvalue weighted by Gasteiger charge is 2.46. The van der Waals surface area contributed by atoms with Crippen LogP contribution in [0.2, 0.25) is 0 Å². The second-order valence-corrected chi connectivity index (χ2v) is 6.44. The van der Waals surface area contributed by atoms with Crippen LogP contribution in [0.25, 0.3) is 0 Å². The maximum absolute atomic E-state index is 11.9. The van der Waals surface area contributed by atoms with Crippen molar-refractivity contribution in [2.45, 2.75) is 32.0 Å². The molecule has 22 heavy (non-hydrogen) atoms. The minimum absolute atomic E-state index is 0.131. The number of carbonyl (C=O) groups is 2. The van der Waals surface area contributed by atoms with Crippen molar-refractivity contribution in [2.24, 2.45) is 0 Å². The second kappa shape index (κ2) is 5.61. The molecule has 1 saturated heterocycles. The average Bonchev–Trinajstić information content (AvgIpc) is 2.41. The summed E-state index contributed by atoms with van der Waals surface area (Å²) in [4.78, 5) is 24.9. The van der Waals surface area contributed by atoms with Crippen molar-refractivity contribution >= 4 is 12.1 Å². The zero-order valence-corrected chi connectivity index (χ0v) is 13.3. The van der Waals surface area contributed by atoms with Gasteiger partial charge in [0, 0.05) is 0 Å². The summed E-state index contributed by atoms with van der Waals surface area (Å²) in [5, 5.41) is 10.6. The number of benzene rings is 1. The molecule has 1 aromatic rings. The van der Waals surface area contributed by atoms with Crippen LogP contribution in [0.1, 0.15) is 36.7 Å². The van der Waals surface area contributed by atoms with Gasteiger partial charge in [-0.1, -0.05) is 12.1 Å². The van der Waals surface area contributed by atoms with Crippen molar-refractivity contribution in [3.8, 4) is 0 Å². The van der Waals surface area contributed by atoms with E-state index < -0.39 is 23.3 Å². The largest absolute Gasteiger partial charge is 0.465 e. The maximum atomic E-state index is 11.9. The highest BCUT2D eigenvalue weighted by atomic mass is 16.6. The van der Waals surface area contributed by atoms with Gasteiger partial charge in [-0.05, 0) is 38.5 Å². The number of nitrogens with zero attached hydrogens (tertiary/aromatic N) is 1. The summed E-state index contributed by atoms with van der Waals surface area (Å²) in [7, 11) is 1.30. The Balaban J connectivity index is 2.06. The molecule has 0 atom stereocenters. The van der Waals surface area contributed by atoms with Gasteiger partial charge in [-0.2, -0.15) is 0 Å². The Morgan fingerprint density at radius 2 is 1.91 bits per heavy atom. The molecule has 0 aromatic heterocycles. The summed E-state index contributed by atoms with van der Waals surface area (Å²) in [6.07, 6.45) is -0.457. The van der Waals surface area contributed by atoms with Crippen molar-refractivity contribution in [1.82, 2.24) is 4.90 Å². The molecule has 1 heterocycles. The van der Waals surface area contributed by atoms with E-state index in [-0.39, 0.29) is 13.1 Å². The van der Waals surface area contributed by atoms with E-state index >= 15 is 0 Å². The number of rotatable bonds is 2. The summed E-state index contributed by atoms with van der Waals surface area (Å²) >= 11 is 0. The number of likely N-dealkylation sites (tertiary alicyclic amines) is 1. The predicted octanol–water partition coefficient (Wildman–Crippen LogP) is 1.91. The molecule has 0 unspecified atom stereocenters. The van der Waals surface area contributed by atoms with Crippen molar-refractivity contribution in [1.29, 1.82) is 0 Å². The summed E-state index contributed by atoms with van der Waals surface area (Å²) < 4.78 is 9.92. The fourth-order valence-electron chi connectivity index (χ4n) is 2.28. The molecule has 1 aromatic carbocycles. The van der Waals surface area contributed by atoms with Crippen LogP contribution in [0, 0.1) is 0 Å². The van der Waals surface area contributed by atoms with Crippen LogP contribution < -0.4 is 0 Å². The lowest BCUT2D eigenvalue weighted by molar-refractivity contribution is -0.103. The van der Waals surface area contributed by atoms with Gasteiger partial charge in [0.25, 0.3) is 0 Å². The molecule has 1 amide bonds. The Morgan fingerprint density at radius 3 is 2.45 bits per heavy atom. The molecule has 0 aliphatic carbocycles. The zero-order valence-electron chi connectivity index (χ0n) is 13.3. The van der Waals surface area contributed by atoms with Crippen molar-refractivity contribution in [3.63, 3.8) is 0 Å². The summed E-state index contributed by atoms with van der Waals surface area (Å²) in [6, 6.07) is 6.59.